The minimum absolute atomic E-state index is 0.00816. The number of halogens is 2. The second-order valence-corrected chi connectivity index (χ2v) is 12.8. The van der Waals surface area contributed by atoms with Gasteiger partial charge in [-0.2, -0.15) is 9.97 Å². The summed E-state index contributed by atoms with van der Waals surface area (Å²) in [6.45, 7) is -0.463. The van der Waals surface area contributed by atoms with E-state index in [9.17, 15) is 34.6 Å². The Labute approximate surface area is 270 Å². The number of H-pyrrole nitrogens is 2. The summed E-state index contributed by atoms with van der Waals surface area (Å²) in [5.41, 5.74) is 9.83. The maximum atomic E-state index is 11.9. The molecule has 0 saturated carbocycles. The molecule has 23 nitrogen and oxygen atoms in total. The van der Waals surface area contributed by atoms with Gasteiger partial charge in [-0.1, -0.05) is 0 Å². The van der Waals surface area contributed by atoms with E-state index >= 15 is 0 Å². The smallest absolute Gasteiger partial charge is 0.351 e. The number of nitrogens with zero attached hydrogens (tertiary/aromatic N) is 6. The predicted octanol–water partition coefficient (Wildman–Crippen LogP) is -3.73. The van der Waals surface area contributed by atoms with E-state index in [0.717, 1.165) is 4.57 Å². The minimum Gasteiger partial charge on any atom is -0.394 e. The zero-order chi connectivity index (χ0) is 33.8. The van der Waals surface area contributed by atoms with Gasteiger partial charge in [0.1, 0.15) is 30.5 Å². The van der Waals surface area contributed by atoms with E-state index in [1.807, 2.05) is 0 Å². The van der Waals surface area contributed by atoms with Crippen LogP contribution in [0.1, 0.15) is 12.5 Å². The van der Waals surface area contributed by atoms with Gasteiger partial charge in [0, 0.05) is 0 Å². The van der Waals surface area contributed by atoms with Crippen molar-refractivity contribution in [1.82, 2.24) is 39.0 Å². The molecule has 0 aliphatic carbocycles. The van der Waals surface area contributed by atoms with E-state index < -0.39 is 80.9 Å². The Morgan fingerprint density at radius 1 is 0.804 bits per heavy atom. The van der Waals surface area contributed by atoms with Crippen LogP contribution in [-0.4, -0.2) is 124 Å². The van der Waals surface area contributed by atoms with E-state index in [4.69, 9.17) is 40.6 Å². The number of aromatic nitrogens is 8. The van der Waals surface area contributed by atoms with Crippen LogP contribution in [0.15, 0.2) is 19.1 Å². The molecule has 6 rings (SSSR count). The Balaban J connectivity index is 0.000000184. The molecule has 8 atom stereocenters. The predicted molar refractivity (Wildman–Crippen MR) is 157 cm³/mol. The van der Waals surface area contributed by atoms with Crippen LogP contribution < -0.4 is 22.6 Å². The first kappa shape index (κ1) is 34.4. The SMILES string of the molecule is Nc1nc2c(nc(Br)n2[C@@H]2O[C@H](CO)C(O)[C@@H]2O)c(=O)[nH]1.Nc1nc2c(nc(Br)n2[C@@H]2O[C@H](OCP(=O)(O)O)C(O)[C@@H]2O)c(=O)[nH]1. The van der Waals surface area contributed by atoms with Crippen LogP contribution in [0, 0.1) is 0 Å². The second-order valence-electron chi connectivity index (χ2n) is 9.81. The average molecular weight is 804 g/mol. The zero-order valence-electron chi connectivity index (χ0n) is 22.7. The summed E-state index contributed by atoms with van der Waals surface area (Å²) < 4.78 is 29.1. The van der Waals surface area contributed by atoms with Crippen molar-refractivity contribution in [3.8, 4) is 0 Å². The standard InChI is InChI=1S/C10H13BrN5O8P.C10H12BrN5O5/c11-9-13-2-5(14-10(12)15-6(2)19)16(9)7-3(17)4(18)8(24-7)23-1-25(20,21)22;11-9-13-3-6(14-10(12)15-7(3)20)16(9)8-5(19)4(18)2(1-17)21-8/h3-4,7-8,17-18H,1H2,(H2,20,21,22)(H3,12,14,15,19);2,4-5,8,17-19H,1H2,(H3,12,14,15,20)/t3-,4?,7+,8-;2-,4?,5+,8-/m01/s1. The maximum Gasteiger partial charge on any atom is 0.351 e. The highest BCUT2D eigenvalue weighted by Crippen LogP contribution is 2.39. The van der Waals surface area contributed by atoms with Crippen molar-refractivity contribution in [2.45, 2.75) is 49.3 Å². The summed E-state index contributed by atoms with van der Waals surface area (Å²) in [4.78, 5) is 61.7. The van der Waals surface area contributed by atoms with E-state index in [-0.39, 0.29) is 43.7 Å². The van der Waals surface area contributed by atoms with Gasteiger partial charge in [0.05, 0.1) is 6.61 Å². The van der Waals surface area contributed by atoms with Crippen LogP contribution in [0.4, 0.5) is 11.9 Å². The number of rotatable bonds is 6. The second kappa shape index (κ2) is 12.9. The highest BCUT2D eigenvalue weighted by Gasteiger charge is 2.47. The number of aliphatic hydroxyl groups excluding tert-OH is 5. The van der Waals surface area contributed by atoms with Crippen molar-refractivity contribution < 1.29 is 54.1 Å². The average Bonchev–Trinajstić information content (AvgIpc) is 3.65. The van der Waals surface area contributed by atoms with Crippen molar-refractivity contribution in [3.63, 3.8) is 0 Å². The van der Waals surface area contributed by atoms with Crippen LogP contribution in [0.2, 0.25) is 0 Å². The molecular formula is C20H25Br2N10O13P. The fourth-order valence-corrected chi connectivity index (χ4v) is 6.08. The first-order valence-electron chi connectivity index (χ1n) is 12.7. The van der Waals surface area contributed by atoms with Gasteiger partial charge in [0.25, 0.3) is 11.1 Å². The summed E-state index contributed by atoms with van der Waals surface area (Å²) in [7, 11) is -4.50. The van der Waals surface area contributed by atoms with Crippen molar-refractivity contribution in [2.75, 3.05) is 24.4 Å². The van der Waals surface area contributed by atoms with Crippen LogP contribution >= 0.6 is 39.5 Å². The highest BCUT2D eigenvalue weighted by atomic mass is 79.9. The lowest BCUT2D eigenvalue weighted by Crippen LogP contribution is -2.33. The maximum absolute atomic E-state index is 11.9. The fraction of sp³-hybridized carbons (Fsp3) is 0.500. The molecule has 4 aromatic heterocycles. The third-order valence-electron chi connectivity index (χ3n) is 6.68. The molecule has 0 aromatic carbocycles. The summed E-state index contributed by atoms with van der Waals surface area (Å²) >= 11 is 6.25. The Hall–Kier alpha value is -2.91. The van der Waals surface area contributed by atoms with E-state index in [2.05, 4.69) is 61.8 Å². The molecule has 2 aliphatic rings. The molecule has 26 heteroatoms. The molecule has 252 valence electrons. The number of fused-ring (bicyclic) bond motifs is 2. The van der Waals surface area contributed by atoms with Gasteiger partial charge in [-0.25, -0.2) is 9.97 Å². The van der Waals surface area contributed by atoms with E-state index in [1.54, 1.807) is 0 Å². The number of ether oxygens (including phenoxy) is 3. The third-order valence-corrected chi connectivity index (χ3v) is 8.28. The number of anilines is 2. The number of aromatic amines is 2. The Kier molecular flexibility index (Phi) is 9.69. The molecule has 2 fully saturated rings. The summed E-state index contributed by atoms with van der Waals surface area (Å²) in [5, 5.41) is 49.1. The topological polar surface area (TPSA) is 366 Å². The van der Waals surface area contributed by atoms with Crippen LogP contribution in [0.5, 0.6) is 0 Å². The normalized spacial score (nSPS) is 28.2. The lowest BCUT2D eigenvalue weighted by atomic mass is 10.1. The summed E-state index contributed by atoms with van der Waals surface area (Å²) in [6, 6.07) is 0. The summed E-state index contributed by atoms with van der Waals surface area (Å²) in [5.74, 6) is -0.318. The number of hydrogen-bond donors (Lipinski definition) is 11. The number of imidazole rings is 2. The lowest BCUT2D eigenvalue weighted by Gasteiger charge is -2.17. The van der Waals surface area contributed by atoms with Gasteiger partial charge in [-0.05, 0) is 31.9 Å². The molecule has 46 heavy (non-hydrogen) atoms. The number of nitrogen functional groups attached to an aromatic ring is 2. The van der Waals surface area contributed by atoms with Gasteiger partial charge in [0.15, 0.2) is 56.9 Å². The molecule has 4 aromatic rings. The van der Waals surface area contributed by atoms with Gasteiger partial charge < -0.3 is 61.0 Å². The van der Waals surface area contributed by atoms with Crippen molar-refractivity contribution >= 4 is 73.7 Å². The van der Waals surface area contributed by atoms with Crippen LogP contribution in [0.3, 0.4) is 0 Å². The molecule has 2 aliphatic heterocycles. The quantitative estimate of drug-likeness (QED) is 0.0659. The highest BCUT2D eigenvalue weighted by molar-refractivity contribution is 9.10. The molecule has 0 spiro atoms. The Morgan fingerprint density at radius 2 is 1.26 bits per heavy atom. The molecular weight excluding hydrogens is 779 g/mol. The molecule has 2 saturated heterocycles. The largest absolute Gasteiger partial charge is 0.394 e. The Bertz CT molecular complexity index is 1930. The van der Waals surface area contributed by atoms with Crippen molar-refractivity contribution in [1.29, 1.82) is 0 Å². The van der Waals surface area contributed by atoms with E-state index in [1.165, 1.54) is 4.57 Å². The first-order chi connectivity index (χ1) is 21.5. The Morgan fingerprint density at radius 3 is 1.70 bits per heavy atom. The van der Waals surface area contributed by atoms with Gasteiger partial charge in [0.2, 0.25) is 11.9 Å². The van der Waals surface area contributed by atoms with Crippen LogP contribution in [-0.2, 0) is 18.8 Å². The van der Waals surface area contributed by atoms with E-state index in [0.29, 0.717) is 0 Å². The molecule has 6 heterocycles. The number of nitrogens with one attached hydrogen (secondary N) is 2. The monoisotopic (exact) mass is 802 g/mol. The molecule has 0 bridgehead atoms. The molecule has 13 N–H and O–H groups in total. The molecule has 0 radical (unpaired) electrons. The van der Waals surface area contributed by atoms with Crippen molar-refractivity contribution in [2.24, 2.45) is 0 Å². The van der Waals surface area contributed by atoms with Gasteiger partial charge in [-0.3, -0.25) is 33.3 Å². The zero-order valence-corrected chi connectivity index (χ0v) is 26.7. The lowest BCUT2D eigenvalue weighted by molar-refractivity contribution is -0.167. The number of aliphatic hydroxyl groups is 5. The van der Waals surface area contributed by atoms with Gasteiger partial charge in [-0.15, -0.1) is 0 Å². The molecule has 0 amide bonds. The van der Waals surface area contributed by atoms with Crippen LogP contribution in [0.25, 0.3) is 22.3 Å². The molecule has 2 unspecified atom stereocenters. The number of hydrogen-bond acceptors (Lipinski definition) is 17. The van der Waals surface area contributed by atoms with Crippen molar-refractivity contribution in [3.05, 3.63) is 30.2 Å². The minimum atomic E-state index is -4.50. The van der Waals surface area contributed by atoms with Gasteiger partial charge >= 0.3 is 7.60 Å². The third kappa shape index (κ3) is 6.46. The summed E-state index contributed by atoms with van der Waals surface area (Å²) in [6.07, 6.45) is -11.6. The first-order valence-corrected chi connectivity index (χ1v) is 16.1. The fourth-order valence-electron chi connectivity index (χ4n) is 4.64. The number of nitrogens with two attached hydrogens (primary N) is 2.